The molecule has 6 nitrogen and oxygen atoms in total. The Kier molecular flexibility index (Phi) is 7.02. The molecule has 0 bridgehead atoms. The normalized spacial score (nSPS) is 10.8. The molecule has 0 saturated heterocycles. The van der Waals surface area contributed by atoms with Crippen LogP contribution >= 0.6 is 0 Å². The number of nitrogens with zero attached hydrogens (tertiary/aromatic N) is 2. The third kappa shape index (κ3) is 6.12. The first kappa shape index (κ1) is 19.3. The van der Waals surface area contributed by atoms with Gasteiger partial charge in [-0.15, -0.1) is 0 Å². The minimum absolute atomic E-state index is 0.0192. The fourth-order valence-electron chi connectivity index (χ4n) is 2.14. The van der Waals surface area contributed by atoms with Gasteiger partial charge >= 0.3 is 0 Å². The molecule has 0 saturated carbocycles. The molecule has 1 aromatic carbocycles. The molecule has 26 heavy (non-hydrogen) atoms. The van der Waals surface area contributed by atoms with Crippen LogP contribution < -0.4 is 16.0 Å². The summed E-state index contributed by atoms with van der Waals surface area (Å²) in [6.07, 6.45) is 2.40. The van der Waals surface area contributed by atoms with Crippen LogP contribution in [0, 0.1) is 18.6 Å². The molecule has 138 valence electrons. The second kappa shape index (κ2) is 9.45. The lowest BCUT2D eigenvalue weighted by Gasteiger charge is -2.09. The maximum Gasteiger partial charge on any atom is 0.244 e. The summed E-state index contributed by atoms with van der Waals surface area (Å²) in [7, 11) is 0. The number of benzene rings is 1. The van der Waals surface area contributed by atoms with E-state index in [1.807, 2.05) is 13.8 Å². The number of carbonyl (C=O) groups excluding carboxylic acids is 1. The summed E-state index contributed by atoms with van der Waals surface area (Å²) in [4.78, 5) is 20.3. The largest absolute Gasteiger partial charge is 0.368 e. The Balaban J connectivity index is 1.80. The summed E-state index contributed by atoms with van der Waals surface area (Å²) in [5.74, 6) is -0.359. The molecular formula is C18H21F2N5O. The van der Waals surface area contributed by atoms with Gasteiger partial charge in [-0.05, 0) is 38.1 Å². The van der Waals surface area contributed by atoms with Crippen molar-refractivity contribution in [2.75, 3.05) is 30.3 Å². The molecule has 0 aliphatic rings. The van der Waals surface area contributed by atoms with Crippen LogP contribution in [0.15, 0.2) is 30.3 Å². The highest BCUT2D eigenvalue weighted by Crippen LogP contribution is 2.11. The second-order valence-corrected chi connectivity index (χ2v) is 5.47. The van der Waals surface area contributed by atoms with Crippen molar-refractivity contribution in [3.8, 4) is 0 Å². The highest BCUT2D eigenvalue weighted by Gasteiger charge is 2.03. The van der Waals surface area contributed by atoms with Crippen LogP contribution in [-0.2, 0) is 4.79 Å². The lowest BCUT2D eigenvalue weighted by atomic mass is 10.2. The van der Waals surface area contributed by atoms with Crippen molar-refractivity contribution in [2.24, 2.45) is 0 Å². The van der Waals surface area contributed by atoms with Crippen molar-refractivity contribution in [3.05, 3.63) is 53.2 Å². The molecule has 0 fully saturated rings. The summed E-state index contributed by atoms with van der Waals surface area (Å²) in [6.45, 7) is 5.34. The van der Waals surface area contributed by atoms with Gasteiger partial charge in [0.15, 0.2) is 0 Å². The maximum absolute atomic E-state index is 13.5. The van der Waals surface area contributed by atoms with E-state index < -0.39 is 17.5 Å². The molecule has 0 aliphatic heterocycles. The topological polar surface area (TPSA) is 78.9 Å². The van der Waals surface area contributed by atoms with Crippen LogP contribution in [0.2, 0.25) is 0 Å². The van der Waals surface area contributed by atoms with E-state index in [1.54, 1.807) is 6.07 Å². The Morgan fingerprint density at radius 2 is 1.96 bits per heavy atom. The van der Waals surface area contributed by atoms with Crippen LogP contribution in [0.1, 0.15) is 18.2 Å². The van der Waals surface area contributed by atoms with E-state index in [9.17, 15) is 13.6 Å². The number of amides is 1. The van der Waals surface area contributed by atoms with Crippen molar-refractivity contribution >= 4 is 23.7 Å². The van der Waals surface area contributed by atoms with Crippen LogP contribution in [0.25, 0.3) is 6.08 Å². The minimum atomic E-state index is -0.590. The smallest absolute Gasteiger partial charge is 0.244 e. The van der Waals surface area contributed by atoms with E-state index in [0.717, 1.165) is 36.5 Å². The van der Waals surface area contributed by atoms with Gasteiger partial charge in [0.25, 0.3) is 0 Å². The third-order valence-electron chi connectivity index (χ3n) is 3.29. The van der Waals surface area contributed by atoms with Gasteiger partial charge in [-0.3, -0.25) is 4.79 Å². The lowest BCUT2D eigenvalue weighted by Crippen LogP contribution is -2.27. The van der Waals surface area contributed by atoms with E-state index in [-0.39, 0.29) is 5.56 Å². The van der Waals surface area contributed by atoms with Crippen LogP contribution in [-0.4, -0.2) is 35.5 Å². The predicted octanol–water partition coefficient (Wildman–Crippen LogP) is 2.74. The molecular weight excluding hydrogens is 340 g/mol. The standard InChI is InChI=1S/C18H21F2N5O/c1-3-21-18-24-12(2)10-16(25-18)22-8-9-23-17(26)7-4-13-11-14(19)5-6-15(13)20/h4-7,10-11H,3,8-9H2,1-2H3,(H,23,26)(H2,21,22,24,25)/b7-4+. The molecule has 2 rings (SSSR count). The number of halogens is 2. The first-order chi connectivity index (χ1) is 12.5. The number of aryl methyl sites for hydroxylation is 1. The van der Waals surface area contributed by atoms with Crippen LogP contribution in [0.3, 0.4) is 0 Å². The Hall–Kier alpha value is -3.03. The van der Waals surface area contributed by atoms with Crippen molar-refractivity contribution < 1.29 is 13.6 Å². The van der Waals surface area contributed by atoms with E-state index in [2.05, 4.69) is 25.9 Å². The zero-order valence-corrected chi connectivity index (χ0v) is 14.6. The monoisotopic (exact) mass is 361 g/mol. The summed E-state index contributed by atoms with van der Waals surface area (Å²) in [6, 6.07) is 4.87. The first-order valence-corrected chi connectivity index (χ1v) is 8.22. The summed E-state index contributed by atoms with van der Waals surface area (Å²) in [5.41, 5.74) is 0.841. The molecule has 0 atom stereocenters. The van der Waals surface area contributed by atoms with Gasteiger partial charge in [0, 0.05) is 43.0 Å². The Morgan fingerprint density at radius 1 is 1.15 bits per heavy atom. The molecule has 8 heteroatoms. The third-order valence-corrected chi connectivity index (χ3v) is 3.29. The first-order valence-electron chi connectivity index (χ1n) is 8.22. The van der Waals surface area contributed by atoms with Crippen molar-refractivity contribution in [3.63, 3.8) is 0 Å². The van der Waals surface area contributed by atoms with Gasteiger partial charge in [0.05, 0.1) is 0 Å². The second-order valence-electron chi connectivity index (χ2n) is 5.47. The quantitative estimate of drug-likeness (QED) is 0.498. The number of anilines is 2. The van der Waals surface area contributed by atoms with Crippen LogP contribution in [0.4, 0.5) is 20.5 Å². The molecule has 1 heterocycles. The highest BCUT2D eigenvalue weighted by atomic mass is 19.1. The van der Waals surface area contributed by atoms with Gasteiger partial charge in [-0.25, -0.2) is 13.8 Å². The molecule has 0 radical (unpaired) electrons. The SMILES string of the molecule is CCNc1nc(C)cc(NCCNC(=O)/C=C/c2cc(F)ccc2F)n1. The average Bonchev–Trinajstić information content (AvgIpc) is 2.59. The number of nitrogens with one attached hydrogen (secondary N) is 3. The zero-order valence-electron chi connectivity index (χ0n) is 14.6. The van der Waals surface area contributed by atoms with Gasteiger partial charge in [-0.1, -0.05) is 0 Å². The molecule has 0 spiro atoms. The summed E-state index contributed by atoms with van der Waals surface area (Å²) < 4.78 is 26.5. The number of rotatable bonds is 8. The van der Waals surface area contributed by atoms with E-state index >= 15 is 0 Å². The van der Waals surface area contributed by atoms with Gasteiger partial charge in [0.1, 0.15) is 17.5 Å². The van der Waals surface area contributed by atoms with E-state index in [1.165, 1.54) is 6.08 Å². The number of hydrogen-bond donors (Lipinski definition) is 3. The molecule has 0 aliphatic carbocycles. The molecule has 1 amide bonds. The minimum Gasteiger partial charge on any atom is -0.368 e. The van der Waals surface area contributed by atoms with Crippen molar-refractivity contribution in [1.82, 2.24) is 15.3 Å². The molecule has 1 aromatic heterocycles. The maximum atomic E-state index is 13.5. The highest BCUT2D eigenvalue weighted by molar-refractivity contribution is 5.91. The van der Waals surface area contributed by atoms with E-state index in [4.69, 9.17) is 0 Å². The lowest BCUT2D eigenvalue weighted by molar-refractivity contribution is -0.116. The van der Waals surface area contributed by atoms with E-state index in [0.29, 0.717) is 24.9 Å². The van der Waals surface area contributed by atoms with Gasteiger partial charge < -0.3 is 16.0 Å². The molecule has 2 aromatic rings. The predicted molar refractivity (Wildman–Crippen MR) is 97.8 cm³/mol. The Bertz CT molecular complexity index is 795. The number of carbonyl (C=O) groups is 1. The molecule has 0 unspecified atom stereocenters. The van der Waals surface area contributed by atoms with Crippen molar-refractivity contribution in [1.29, 1.82) is 0 Å². The van der Waals surface area contributed by atoms with Gasteiger partial charge in [-0.2, -0.15) is 4.98 Å². The zero-order chi connectivity index (χ0) is 18.9. The Morgan fingerprint density at radius 3 is 2.73 bits per heavy atom. The number of aromatic nitrogens is 2. The van der Waals surface area contributed by atoms with Gasteiger partial charge in [0.2, 0.25) is 11.9 Å². The summed E-state index contributed by atoms with van der Waals surface area (Å²) in [5, 5.41) is 8.78. The fourth-order valence-corrected chi connectivity index (χ4v) is 2.14. The molecule has 3 N–H and O–H groups in total. The Labute approximate surface area is 150 Å². The summed E-state index contributed by atoms with van der Waals surface area (Å²) >= 11 is 0. The average molecular weight is 361 g/mol. The fraction of sp³-hybridized carbons (Fsp3) is 0.278. The van der Waals surface area contributed by atoms with Crippen LogP contribution in [0.5, 0.6) is 0 Å². The number of hydrogen-bond acceptors (Lipinski definition) is 5. The van der Waals surface area contributed by atoms with Crippen molar-refractivity contribution in [2.45, 2.75) is 13.8 Å².